The van der Waals surface area contributed by atoms with Crippen LogP contribution in [-0.2, 0) is 6.61 Å². The number of methoxy groups -OCH3 is 1. The van der Waals surface area contributed by atoms with Gasteiger partial charge in [0.05, 0.1) is 22.3 Å². The smallest absolute Gasteiger partial charge is 0.145 e. The van der Waals surface area contributed by atoms with Crippen LogP contribution in [0, 0.1) is 5.82 Å². The molecular weight excluding hydrogens is 349 g/mol. The molecule has 0 saturated carbocycles. The van der Waals surface area contributed by atoms with Gasteiger partial charge in [0, 0.05) is 6.07 Å². The lowest BCUT2D eigenvalue weighted by Gasteiger charge is -2.11. The Balaban J connectivity index is 2.13. The quantitative estimate of drug-likeness (QED) is 0.649. The summed E-state index contributed by atoms with van der Waals surface area (Å²) in [5.74, 6) is 0.452. The normalized spacial score (nSPS) is 10.4. The minimum Gasteiger partial charge on any atom is -0.495 e. The van der Waals surface area contributed by atoms with Gasteiger partial charge in [-0.3, -0.25) is 0 Å². The molecule has 0 fully saturated rings. The second kappa shape index (κ2) is 6.33. The minimum atomic E-state index is -0.529. The van der Waals surface area contributed by atoms with Crippen LogP contribution in [0.3, 0.4) is 0 Å². The molecule has 6 heteroatoms. The first-order chi connectivity index (χ1) is 9.51. The van der Waals surface area contributed by atoms with Crippen LogP contribution >= 0.6 is 27.5 Å². The van der Waals surface area contributed by atoms with E-state index < -0.39 is 5.82 Å². The van der Waals surface area contributed by atoms with Gasteiger partial charge in [0.2, 0.25) is 0 Å². The Hall–Kier alpha value is -1.46. The number of halogens is 3. The van der Waals surface area contributed by atoms with E-state index in [0.717, 1.165) is 5.56 Å². The summed E-state index contributed by atoms with van der Waals surface area (Å²) in [7, 11) is 1.55. The van der Waals surface area contributed by atoms with Crippen LogP contribution in [0.5, 0.6) is 11.5 Å². The molecule has 0 heterocycles. The molecule has 2 aromatic carbocycles. The van der Waals surface area contributed by atoms with Crippen LogP contribution in [0.1, 0.15) is 5.56 Å². The number of rotatable bonds is 4. The standard InChI is InChI=1S/C14H12BrClFNO2/c1-19-13-3-2-8(4-12(13)18)7-20-14-6-11(17)10(16)5-9(14)15/h2-6H,7,18H2,1H3. The van der Waals surface area contributed by atoms with Gasteiger partial charge >= 0.3 is 0 Å². The highest BCUT2D eigenvalue weighted by Gasteiger charge is 2.08. The number of ether oxygens (including phenoxy) is 2. The summed E-state index contributed by atoms with van der Waals surface area (Å²) in [6, 6.07) is 8.02. The number of anilines is 1. The third-order valence-corrected chi connectivity index (χ3v) is 3.57. The largest absolute Gasteiger partial charge is 0.495 e. The van der Waals surface area contributed by atoms with E-state index in [9.17, 15) is 4.39 Å². The van der Waals surface area contributed by atoms with E-state index in [2.05, 4.69) is 15.9 Å². The summed E-state index contributed by atoms with van der Waals surface area (Å²) in [5, 5.41) is 0.0397. The number of nitrogens with two attached hydrogens (primary N) is 1. The highest BCUT2D eigenvalue weighted by molar-refractivity contribution is 9.10. The second-order valence-corrected chi connectivity index (χ2v) is 5.32. The van der Waals surface area contributed by atoms with Gasteiger partial charge in [-0.1, -0.05) is 17.7 Å². The maximum atomic E-state index is 13.4. The van der Waals surface area contributed by atoms with Crippen molar-refractivity contribution in [2.24, 2.45) is 0 Å². The molecule has 0 bridgehead atoms. The molecule has 106 valence electrons. The average Bonchev–Trinajstić information content (AvgIpc) is 2.41. The van der Waals surface area contributed by atoms with E-state index in [1.807, 2.05) is 6.07 Å². The summed E-state index contributed by atoms with van der Waals surface area (Å²) in [5.41, 5.74) is 7.18. The Labute approximate surface area is 129 Å². The van der Waals surface area contributed by atoms with Crippen LogP contribution in [0.15, 0.2) is 34.8 Å². The van der Waals surface area contributed by atoms with E-state index in [-0.39, 0.29) is 11.6 Å². The lowest BCUT2D eigenvalue weighted by Crippen LogP contribution is -1.99. The van der Waals surface area contributed by atoms with Gasteiger partial charge in [0.1, 0.15) is 23.9 Å². The fourth-order valence-electron chi connectivity index (χ4n) is 1.65. The lowest BCUT2D eigenvalue weighted by atomic mass is 10.2. The van der Waals surface area contributed by atoms with Crippen LogP contribution in [0.2, 0.25) is 5.02 Å². The van der Waals surface area contributed by atoms with Crippen LogP contribution in [0.25, 0.3) is 0 Å². The van der Waals surface area contributed by atoms with Gasteiger partial charge in [0.15, 0.2) is 0 Å². The molecule has 20 heavy (non-hydrogen) atoms. The van der Waals surface area contributed by atoms with Crippen molar-refractivity contribution in [1.29, 1.82) is 0 Å². The Morgan fingerprint density at radius 2 is 2.00 bits per heavy atom. The zero-order valence-electron chi connectivity index (χ0n) is 10.6. The monoisotopic (exact) mass is 359 g/mol. The van der Waals surface area contributed by atoms with Gasteiger partial charge in [0.25, 0.3) is 0 Å². The van der Waals surface area contributed by atoms with Crippen LogP contribution in [-0.4, -0.2) is 7.11 Å². The molecule has 0 aliphatic carbocycles. The molecule has 0 spiro atoms. The molecule has 0 aromatic heterocycles. The SMILES string of the molecule is COc1ccc(COc2cc(F)c(Cl)cc2Br)cc1N. The topological polar surface area (TPSA) is 44.5 Å². The van der Waals surface area contributed by atoms with Crippen molar-refractivity contribution in [3.8, 4) is 11.5 Å². The van der Waals surface area contributed by atoms with E-state index in [4.69, 9.17) is 26.8 Å². The molecule has 2 N–H and O–H groups in total. The summed E-state index contributed by atoms with van der Waals surface area (Å²) in [6.07, 6.45) is 0. The van der Waals surface area contributed by atoms with Gasteiger partial charge in [-0.15, -0.1) is 0 Å². The molecule has 0 amide bonds. The molecule has 3 nitrogen and oxygen atoms in total. The number of nitrogen functional groups attached to an aromatic ring is 1. The Bertz CT molecular complexity index is 637. The lowest BCUT2D eigenvalue weighted by molar-refractivity contribution is 0.302. The molecule has 0 unspecified atom stereocenters. The number of hydrogen-bond donors (Lipinski definition) is 1. The zero-order chi connectivity index (χ0) is 14.7. The Morgan fingerprint density at radius 1 is 1.25 bits per heavy atom. The van der Waals surface area contributed by atoms with Crippen LogP contribution in [0.4, 0.5) is 10.1 Å². The van der Waals surface area contributed by atoms with E-state index in [1.165, 1.54) is 12.1 Å². The third-order valence-electron chi connectivity index (χ3n) is 2.66. The molecule has 2 rings (SSSR count). The van der Waals surface area contributed by atoms with Gasteiger partial charge in [-0.25, -0.2) is 4.39 Å². The van der Waals surface area contributed by atoms with Crippen molar-refractivity contribution >= 4 is 33.2 Å². The van der Waals surface area contributed by atoms with E-state index >= 15 is 0 Å². The van der Waals surface area contributed by atoms with Gasteiger partial charge in [-0.05, 0) is 39.7 Å². The number of benzene rings is 2. The summed E-state index contributed by atoms with van der Waals surface area (Å²) in [6.45, 7) is 0.258. The van der Waals surface area contributed by atoms with Crippen molar-refractivity contribution in [2.45, 2.75) is 6.61 Å². The maximum Gasteiger partial charge on any atom is 0.145 e. The molecule has 0 atom stereocenters. The average molecular weight is 361 g/mol. The Kier molecular flexibility index (Phi) is 4.73. The summed E-state index contributed by atoms with van der Waals surface area (Å²) < 4.78 is 24.6. The molecule has 0 aliphatic heterocycles. The molecule has 0 radical (unpaired) electrons. The van der Waals surface area contributed by atoms with Crippen molar-refractivity contribution in [2.75, 3.05) is 12.8 Å². The summed E-state index contributed by atoms with van der Waals surface area (Å²) in [4.78, 5) is 0. The van der Waals surface area contributed by atoms with Crippen LogP contribution < -0.4 is 15.2 Å². The molecule has 2 aromatic rings. The first-order valence-corrected chi connectivity index (χ1v) is 6.88. The zero-order valence-corrected chi connectivity index (χ0v) is 13.0. The van der Waals surface area contributed by atoms with E-state index in [0.29, 0.717) is 21.7 Å². The van der Waals surface area contributed by atoms with Crippen molar-refractivity contribution in [1.82, 2.24) is 0 Å². The van der Waals surface area contributed by atoms with Crippen molar-refractivity contribution < 1.29 is 13.9 Å². The first-order valence-electron chi connectivity index (χ1n) is 5.71. The van der Waals surface area contributed by atoms with Gasteiger partial charge in [-0.2, -0.15) is 0 Å². The minimum absolute atomic E-state index is 0.0397. The van der Waals surface area contributed by atoms with Crippen molar-refractivity contribution in [3.63, 3.8) is 0 Å². The maximum absolute atomic E-state index is 13.4. The molecular formula is C14H12BrClFNO2. The molecule has 0 aliphatic rings. The summed E-state index contributed by atoms with van der Waals surface area (Å²) >= 11 is 8.94. The predicted molar refractivity (Wildman–Crippen MR) is 80.8 cm³/mol. The second-order valence-electron chi connectivity index (χ2n) is 4.06. The third kappa shape index (κ3) is 3.35. The molecule has 0 saturated heterocycles. The first kappa shape index (κ1) is 14.9. The van der Waals surface area contributed by atoms with Gasteiger partial charge < -0.3 is 15.2 Å². The number of hydrogen-bond acceptors (Lipinski definition) is 3. The highest BCUT2D eigenvalue weighted by Crippen LogP contribution is 2.31. The van der Waals surface area contributed by atoms with E-state index in [1.54, 1.807) is 19.2 Å². The fourth-order valence-corrected chi connectivity index (χ4v) is 2.40. The van der Waals surface area contributed by atoms with Crippen molar-refractivity contribution in [3.05, 3.63) is 51.2 Å². The Morgan fingerprint density at radius 3 is 2.65 bits per heavy atom. The predicted octanol–water partition coefficient (Wildman–Crippen LogP) is 4.41. The highest BCUT2D eigenvalue weighted by atomic mass is 79.9. The fraction of sp³-hybridized carbons (Fsp3) is 0.143.